The maximum atomic E-state index is 13.3. The van der Waals surface area contributed by atoms with Crippen LogP contribution in [-0.2, 0) is 16.0 Å². The van der Waals surface area contributed by atoms with Crippen LogP contribution in [0.4, 0.5) is 4.79 Å². The van der Waals surface area contributed by atoms with E-state index in [1.165, 1.54) is 11.3 Å². The number of rotatable bonds is 6. The fraction of sp³-hybridized carbons (Fsp3) is 0.200. The summed E-state index contributed by atoms with van der Waals surface area (Å²) in [6.45, 7) is -0.412. The number of halogens is 1. The predicted octanol–water partition coefficient (Wildman–Crippen LogP) is 3.77. The highest BCUT2D eigenvalue weighted by Crippen LogP contribution is 2.33. The zero-order valence-corrected chi connectivity index (χ0v) is 18.8. The summed E-state index contributed by atoms with van der Waals surface area (Å²) in [6.07, 6.45) is 2.31. The average molecular weight is 477 g/mol. The van der Waals surface area contributed by atoms with Crippen LogP contribution >= 0.6 is 11.6 Å². The zero-order valence-electron chi connectivity index (χ0n) is 18.1. The summed E-state index contributed by atoms with van der Waals surface area (Å²) < 4.78 is 5.55. The molecule has 2 unspecified atom stereocenters. The van der Waals surface area contributed by atoms with Crippen LogP contribution in [0, 0.1) is 0 Å². The van der Waals surface area contributed by atoms with Gasteiger partial charge in [0.05, 0.1) is 12.0 Å². The van der Waals surface area contributed by atoms with E-state index in [0.29, 0.717) is 29.3 Å². The highest BCUT2D eigenvalue weighted by Gasteiger charge is 2.42. The Morgan fingerprint density at radius 2 is 1.82 bits per heavy atom. The van der Waals surface area contributed by atoms with Gasteiger partial charge >= 0.3 is 6.03 Å². The number of carbonyl (C=O) groups is 3. The Kier molecular flexibility index (Phi) is 5.90. The molecule has 2 atom stereocenters. The molecule has 172 valence electrons. The fourth-order valence-corrected chi connectivity index (χ4v) is 4.31. The van der Waals surface area contributed by atoms with Gasteiger partial charge in [0.2, 0.25) is 0 Å². The number of hydrazone groups is 1. The molecule has 4 amide bonds. The quantitative estimate of drug-likeness (QED) is 0.548. The van der Waals surface area contributed by atoms with E-state index in [4.69, 9.17) is 16.0 Å². The lowest BCUT2D eigenvalue weighted by atomic mass is 10.0. The van der Waals surface area contributed by atoms with Gasteiger partial charge < -0.3 is 9.73 Å². The normalized spacial score (nSPS) is 20.0. The van der Waals surface area contributed by atoms with Crippen LogP contribution in [0.5, 0.6) is 0 Å². The third-order valence-electron chi connectivity index (χ3n) is 5.90. The van der Waals surface area contributed by atoms with Crippen molar-refractivity contribution in [2.75, 3.05) is 6.54 Å². The van der Waals surface area contributed by atoms with Gasteiger partial charge in [0.15, 0.2) is 0 Å². The summed E-state index contributed by atoms with van der Waals surface area (Å²) in [7, 11) is 0. The molecule has 34 heavy (non-hydrogen) atoms. The molecule has 1 aromatic heterocycles. The second-order valence-corrected chi connectivity index (χ2v) is 8.58. The molecule has 0 spiro atoms. The predicted molar refractivity (Wildman–Crippen MR) is 125 cm³/mol. The number of hydrogen-bond acceptors (Lipinski definition) is 5. The van der Waals surface area contributed by atoms with Crippen LogP contribution in [0.3, 0.4) is 0 Å². The van der Waals surface area contributed by atoms with Crippen molar-refractivity contribution >= 4 is 35.2 Å². The number of furan rings is 1. The number of imide groups is 1. The third kappa shape index (κ3) is 4.32. The fourth-order valence-electron chi connectivity index (χ4n) is 4.18. The molecule has 0 saturated carbocycles. The van der Waals surface area contributed by atoms with Crippen molar-refractivity contribution in [3.8, 4) is 0 Å². The first-order valence-corrected chi connectivity index (χ1v) is 11.2. The Hall–Kier alpha value is -3.91. The molecule has 5 rings (SSSR count). The number of amides is 4. The molecule has 9 heteroatoms. The van der Waals surface area contributed by atoms with Crippen molar-refractivity contribution in [3.63, 3.8) is 0 Å². The molecular weight excluding hydrogens is 456 g/mol. The van der Waals surface area contributed by atoms with Crippen LogP contribution in [0.2, 0.25) is 5.02 Å². The monoisotopic (exact) mass is 476 g/mol. The van der Waals surface area contributed by atoms with Gasteiger partial charge in [-0.2, -0.15) is 5.10 Å². The van der Waals surface area contributed by atoms with E-state index in [-0.39, 0.29) is 0 Å². The molecule has 0 radical (unpaired) electrons. The molecule has 0 bridgehead atoms. The smallest absolute Gasteiger partial charge is 0.325 e. The summed E-state index contributed by atoms with van der Waals surface area (Å²) in [6, 6.07) is 18.3. The number of carbonyl (C=O) groups excluding carboxylic acids is 3. The Morgan fingerprint density at radius 1 is 1.06 bits per heavy atom. The summed E-state index contributed by atoms with van der Waals surface area (Å²) in [5.41, 5.74) is 2.43. The van der Waals surface area contributed by atoms with Gasteiger partial charge in [-0.15, -0.1) is 0 Å². The van der Waals surface area contributed by atoms with Crippen molar-refractivity contribution in [1.29, 1.82) is 0 Å². The average Bonchev–Trinajstić information content (AvgIpc) is 3.57. The lowest BCUT2D eigenvalue weighted by Gasteiger charge is -2.22. The van der Waals surface area contributed by atoms with Crippen molar-refractivity contribution in [1.82, 2.24) is 15.2 Å². The molecule has 3 aromatic rings. The second kappa shape index (κ2) is 9.15. The van der Waals surface area contributed by atoms with E-state index < -0.39 is 36.5 Å². The maximum Gasteiger partial charge on any atom is 0.325 e. The number of nitrogens with zero attached hydrogens (tertiary/aromatic N) is 3. The lowest BCUT2D eigenvalue weighted by molar-refractivity contribution is -0.138. The van der Waals surface area contributed by atoms with E-state index in [1.807, 2.05) is 42.5 Å². The minimum atomic E-state index is -0.713. The number of benzene rings is 2. The molecule has 1 fully saturated rings. The van der Waals surface area contributed by atoms with Crippen LogP contribution in [-0.4, -0.2) is 46.1 Å². The van der Waals surface area contributed by atoms with Crippen LogP contribution < -0.4 is 5.32 Å². The van der Waals surface area contributed by atoms with Crippen LogP contribution in [0.1, 0.15) is 29.3 Å². The second-order valence-electron chi connectivity index (χ2n) is 8.14. The maximum absolute atomic E-state index is 13.3. The minimum absolute atomic E-state index is 0.355. The summed E-state index contributed by atoms with van der Waals surface area (Å²) in [5, 5.41) is 9.11. The van der Waals surface area contributed by atoms with Crippen molar-refractivity contribution in [2.24, 2.45) is 5.10 Å². The Bertz CT molecular complexity index is 1240. The molecule has 8 nitrogen and oxygen atoms in total. The van der Waals surface area contributed by atoms with E-state index in [1.54, 1.807) is 24.3 Å². The van der Waals surface area contributed by atoms with E-state index in [9.17, 15) is 14.4 Å². The summed E-state index contributed by atoms with van der Waals surface area (Å²) in [5.74, 6) is -0.340. The highest BCUT2D eigenvalue weighted by molar-refractivity contribution is 6.30. The first-order valence-electron chi connectivity index (χ1n) is 10.8. The van der Waals surface area contributed by atoms with Crippen molar-refractivity contribution in [3.05, 3.63) is 94.9 Å². The van der Waals surface area contributed by atoms with E-state index >= 15 is 0 Å². The Balaban J connectivity index is 1.34. The molecule has 1 saturated heterocycles. The highest BCUT2D eigenvalue weighted by atomic mass is 35.5. The van der Waals surface area contributed by atoms with Crippen molar-refractivity contribution in [2.45, 2.75) is 24.9 Å². The van der Waals surface area contributed by atoms with Gasteiger partial charge in [-0.05, 0) is 35.4 Å². The van der Waals surface area contributed by atoms with Crippen LogP contribution in [0.15, 0.2) is 82.5 Å². The molecular formula is C25H21ClN4O4. The summed E-state index contributed by atoms with van der Waals surface area (Å²) in [4.78, 5) is 39.6. The SMILES string of the molecule is O=C1NC(Cc2ccccc2)C(=O)N1CC(=O)N1N=C(c2ccc(Cl)cc2)CC1c1ccco1. The van der Waals surface area contributed by atoms with Gasteiger partial charge in [0.25, 0.3) is 11.8 Å². The Labute approximate surface area is 200 Å². The number of nitrogens with one attached hydrogen (secondary N) is 1. The van der Waals surface area contributed by atoms with Crippen LogP contribution in [0.25, 0.3) is 0 Å². The van der Waals surface area contributed by atoms with E-state index in [0.717, 1.165) is 16.0 Å². The van der Waals surface area contributed by atoms with Gasteiger partial charge in [-0.3, -0.25) is 14.5 Å². The zero-order chi connectivity index (χ0) is 23.7. The van der Waals surface area contributed by atoms with Gasteiger partial charge in [0, 0.05) is 17.9 Å². The number of urea groups is 1. The van der Waals surface area contributed by atoms with E-state index in [2.05, 4.69) is 10.4 Å². The lowest BCUT2D eigenvalue weighted by Crippen LogP contribution is -2.41. The molecule has 0 aliphatic carbocycles. The van der Waals surface area contributed by atoms with Gasteiger partial charge in [0.1, 0.15) is 24.4 Å². The molecule has 1 N–H and O–H groups in total. The Morgan fingerprint density at radius 3 is 2.53 bits per heavy atom. The topological polar surface area (TPSA) is 95.2 Å². The first kappa shape index (κ1) is 21.9. The largest absolute Gasteiger partial charge is 0.467 e. The van der Waals surface area contributed by atoms with Gasteiger partial charge in [-0.25, -0.2) is 9.80 Å². The summed E-state index contributed by atoms with van der Waals surface area (Å²) >= 11 is 6.00. The minimum Gasteiger partial charge on any atom is -0.467 e. The number of hydrogen-bond donors (Lipinski definition) is 1. The van der Waals surface area contributed by atoms with Crippen molar-refractivity contribution < 1.29 is 18.8 Å². The first-order chi connectivity index (χ1) is 16.5. The molecule has 3 heterocycles. The molecule has 2 aromatic carbocycles. The molecule has 2 aliphatic rings. The standard InChI is InChI=1S/C25H21ClN4O4/c26-18-10-8-17(9-11-18)19-14-21(22-7-4-12-34-22)30(28-19)23(31)15-29-24(32)20(27-25(29)33)13-16-5-2-1-3-6-16/h1-12,20-21H,13-15H2,(H,27,33). The molecule has 2 aliphatic heterocycles. The van der Waals surface area contributed by atoms with Gasteiger partial charge in [-0.1, -0.05) is 54.1 Å². The third-order valence-corrected chi connectivity index (χ3v) is 6.15.